The summed E-state index contributed by atoms with van der Waals surface area (Å²) in [5.74, 6) is 0.734. The van der Waals surface area contributed by atoms with Crippen molar-refractivity contribution in [1.29, 1.82) is 0 Å². The van der Waals surface area contributed by atoms with Crippen molar-refractivity contribution >= 4 is 29.3 Å². The number of likely N-dealkylation sites (tertiary alicyclic amines) is 1. The second kappa shape index (κ2) is 8.19. The average molecular weight is 321 g/mol. The molecule has 6 heteroatoms. The van der Waals surface area contributed by atoms with E-state index >= 15 is 0 Å². The predicted molar refractivity (Wildman–Crippen MR) is 91.2 cm³/mol. The molecule has 1 heterocycles. The number of anilines is 1. The third-order valence-electron chi connectivity index (χ3n) is 3.76. The van der Waals surface area contributed by atoms with Crippen LogP contribution in [-0.4, -0.2) is 47.9 Å². The summed E-state index contributed by atoms with van der Waals surface area (Å²) in [5.41, 5.74) is 7.15. The maximum atomic E-state index is 12.2. The van der Waals surface area contributed by atoms with Gasteiger partial charge in [-0.05, 0) is 55.5 Å². The van der Waals surface area contributed by atoms with Crippen molar-refractivity contribution in [2.24, 2.45) is 5.73 Å². The van der Waals surface area contributed by atoms with Crippen LogP contribution in [0, 0.1) is 0 Å². The molecule has 120 valence electrons. The molecule has 22 heavy (non-hydrogen) atoms. The summed E-state index contributed by atoms with van der Waals surface area (Å²) < 4.78 is 0. The highest BCUT2D eigenvalue weighted by atomic mass is 32.2. The molecule has 3 N–H and O–H groups in total. The number of carbonyl (C=O) groups is 2. The summed E-state index contributed by atoms with van der Waals surface area (Å²) in [6.45, 7) is 1.67. The van der Waals surface area contributed by atoms with Crippen LogP contribution in [0.25, 0.3) is 0 Å². The van der Waals surface area contributed by atoms with Crippen LogP contribution < -0.4 is 11.1 Å². The van der Waals surface area contributed by atoms with Gasteiger partial charge in [-0.1, -0.05) is 0 Å². The van der Waals surface area contributed by atoms with Crippen LogP contribution in [0.4, 0.5) is 5.69 Å². The summed E-state index contributed by atoms with van der Waals surface area (Å²) in [5, 5.41) is 2.79. The van der Waals surface area contributed by atoms with Crippen molar-refractivity contribution in [1.82, 2.24) is 4.90 Å². The maximum absolute atomic E-state index is 12.2. The highest BCUT2D eigenvalue weighted by molar-refractivity contribution is 7.98. The monoisotopic (exact) mass is 321 g/mol. The molecule has 1 aromatic carbocycles. The minimum Gasteiger partial charge on any atom is -0.339 e. The molecule has 1 fully saturated rings. The molecule has 2 rings (SSSR count). The molecule has 5 nitrogen and oxygen atoms in total. The van der Waals surface area contributed by atoms with Crippen LogP contribution in [0.15, 0.2) is 24.3 Å². The van der Waals surface area contributed by atoms with Gasteiger partial charge in [-0.25, -0.2) is 0 Å². The molecule has 0 bridgehead atoms. The van der Waals surface area contributed by atoms with Crippen LogP contribution in [0.2, 0.25) is 0 Å². The second-order valence-electron chi connectivity index (χ2n) is 5.45. The first-order valence-electron chi connectivity index (χ1n) is 7.56. The van der Waals surface area contributed by atoms with E-state index in [1.807, 2.05) is 11.2 Å². The summed E-state index contributed by atoms with van der Waals surface area (Å²) in [4.78, 5) is 26.0. The summed E-state index contributed by atoms with van der Waals surface area (Å²) >= 11 is 1.67. The Balaban J connectivity index is 1.91. The Bertz CT molecular complexity index is 513. The van der Waals surface area contributed by atoms with Crippen LogP contribution in [0.1, 0.15) is 29.6 Å². The molecule has 0 aromatic heterocycles. The lowest BCUT2D eigenvalue weighted by Gasteiger charge is -2.16. The van der Waals surface area contributed by atoms with E-state index in [0.717, 1.165) is 31.7 Å². The second-order valence-corrected chi connectivity index (χ2v) is 6.44. The molecule has 0 spiro atoms. The first-order valence-corrected chi connectivity index (χ1v) is 8.96. The van der Waals surface area contributed by atoms with Crippen molar-refractivity contribution < 1.29 is 9.59 Å². The SMILES string of the molecule is CSCC[C@H](N)C(=O)Nc1ccc(C(=O)N2CCCC2)cc1. The zero-order valence-electron chi connectivity index (χ0n) is 12.9. The first-order chi connectivity index (χ1) is 10.6. The quantitative estimate of drug-likeness (QED) is 0.839. The molecule has 0 saturated carbocycles. The van der Waals surface area contributed by atoms with Gasteiger partial charge in [0.25, 0.3) is 5.91 Å². The first kappa shape index (κ1) is 16.8. The molecule has 2 amide bonds. The van der Waals surface area contributed by atoms with E-state index in [9.17, 15) is 9.59 Å². The van der Waals surface area contributed by atoms with Crippen LogP contribution in [0.3, 0.4) is 0 Å². The number of benzene rings is 1. The van der Waals surface area contributed by atoms with Crippen molar-refractivity contribution in [3.05, 3.63) is 29.8 Å². The van der Waals surface area contributed by atoms with E-state index in [4.69, 9.17) is 5.73 Å². The van der Waals surface area contributed by atoms with Gasteiger partial charge in [-0.15, -0.1) is 0 Å². The van der Waals surface area contributed by atoms with Crippen LogP contribution in [-0.2, 0) is 4.79 Å². The van der Waals surface area contributed by atoms with E-state index in [2.05, 4.69) is 5.32 Å². The minimum atomic E-state index is -0.502. The van der Waals surface area contributed by atoms with Gasteiger partial charge in [0.05, 0.1) is 6.04 Å². The largest absolute Gasteiger partial charge is 0.339 e. The lowest BCUT2D eigenvalue weighted by atomic mass is 10.1. The van der Waals surface area contributed by atoms with E-state index in [1.54, 1.807) is 36.0 Å². The third kappa shape index (κ3) is 4.48. The number of nitrogens with zero attached hydrogens (tertiary/aromatic N) is 1. The number of hydrogen-bond donors (Lipinski definition) is 2. The Labute approximate surface area is 135 Å². The van der Waals surface area contributed by atoms with E-state index < -0.39 is 6.04 Å². The van der Waals surface area contributed by atoms with Crippen molar-refractivity contribution in [3.63, 3.8) is 0 Å². The summed E-state index contributed by atoms with van der Waals surface area (Å²) in [6.07, 6.45) is 4.79. The van der Waals surface area contributed by atoms with E-state index in [1.165, 1.54) is 0 Å². The highest BCUT2D eigenvalue weighted by Crippen LogP contribution is 2.15. The van der Waals surface area contributed by atoms with Crippen molar-refractivity contribution in [2.75, 3.05) is 30.4 Å². The molecular weight excluding hydrogens is 298 g/mol. The highest BCUT2D eigenvalue weighted by Gasteiger charge is 2.19. The number of nitrogens with one attached hydrogen (secondary N) is 1. The Hall–Kier alpha value is -1.53. The van der Waals surface area contributed by atoms with Gasteiger partial charge in [0.1, 0.15) is 0 Å². The van der Waals surface area contributed by atoms with Gasteiger partial charge in [-0.3, -0.25) is 9.59 Å². The van der Waals surface area contributed by atoms with Gasteiger partial charge in [0.15, 0.2) is 0 Å². The zero-order valence-corrected chi connectivity index (χ0v) is 13.7. The third-order valence-corrected chi connectivity index (χ3v) is 4.41. The summed E-state index contributed by atoms with van der Waals surface area (Å²) in [7, 11) is 0. The average Bonchev–Trinajstić information content (AvgIpc) is 3.07. The Morgan fingerprint density at radius 3 is 2.50 bits per heavy atom. The standard InChI is InChI=1S/C16H23N3O2S/c1-22-11-8-14(17)15(20)18-13-6-4-12(5-7-13)16(21)19-9-2-3-10-19/h4-7,14H,2-3,8-11,17H2,1H3,(H,18,20)/t14-/m0/s1. The van der Waals surface area contributed by atoms with Gasteiger partial charge in [0, 0.05) is 24.3 Å². The topological polar surface area (TPSA) is 75.4 Å². The van der Waals surface area contributed by atoms with Crippen molar-refractivity contribution in [3.8, 4) is 0 Å². The fraction of sp³-hybridized carbons (Fsp3) is 0.500. The molecule has 1 aromatic rings. The van der Waals surface area contributed by atoms with Gasteiger partial charge < -0.3 is 16.0 Å². The predicted octanol–water partition coefficient (Wildman–Crippen LogP) is 1.94. The normalized spacial score (nSPS) is 15.6. The lowest BCUT2D eigenvalue weighted by molar-refractivity contribution is -0.117. The fourth-order valence-electron chi connectivity index (χ4n) is 2.41. The lowest BCUT2D eigenvalue weighted by Crippen LogP contribution is -2.36. The van der Waals surface area contributed by atoms with Crippen LogP contribution in [0.5, 0.6) is 0 Å². The molecule has 1 aliphatic heterocycles. The number of amides is 2. The minimum absolute atomic E-state index is 0.0621. The number of rotatable bonds is 6. The molecule has 0 unspecified atom stereocenters. The smallest absolute Gasteiger partial charge is 0.253 e. The van der Waals surface area contributed by atoms with E-state index in [0.29, 0.717) is 17.7 Å². The summed E-state index contributed by atoms with van der Waals surface area (Å²) in [6, 6.07) is 6.51. The number of carbonyl (C=O) groups excluding carboxylic acids is 2. The van der Waals surface area contributed by atoms with Crippen molar-refractivity contribution in [2.45, 2.75) is 25.3 Å². The van der Waals surface area contributed by atoms with E-state index in [-0.39, 0.29) is 11.8 Å². The number of hydrogen-bond acceptors (Lipinski definition) is 4. The Morgan fingerprint density at radius 1 is 1.27 bits per heavy atom. The van der Waals surface area contributed by atoms with Crippen LogP contribution >= 0.6 is 11.8 Å². The molecular formula is C16H23N3O2S. The number of nitrogens with two attached hydrogens (primary N) is 1. The van der Waals surface area contributed by atoms with Gasteiger partial charge in [0.2, 0.25) is 5.91 Å². The molecule has 1 saturated heterocycles. The Morgan fingerprint density at radius 2 is 1.91 bits per heavy atom. The molecule has 0 radical (unpaired) electrons. The molecule has 1 aliphatic rings. The number of thioether (sulfide) groups is 1. The van der Waals surface area contributed by atoms with Gasteiger partial charge >= 0.3 is 0 Å². The Kier molecular flexibility index (Phi) is 6.27. The molecule has 0 aliphatic carbocycles. The van der Waals surface area contributed by atoms with Gasteiger partial charge in [-0.2, -0.15) is 11.8 Å². The molecule has 1 atom stereocenters. The zero-order chi connectivity index (χ0) is 15.9. The fourth-order valence-corrected chi connectivity index (χ4v) is 2.90. The maximum Gasteiger partial charge on any atom is 0.253 e.